The van der Waals surface area contributed by atoms with Crippen molar-refractivity contribution in [3.8, 4) is 5.75 Å². The van der Waals surface area contributed by atoms with Crippen LogP contribution in [0.4, 0.5) is 0 Å². The maximum Gasteiger partial charge on any atom is 0.286 e. The molecule has 0 atom stereocenters. The number of hydrogen-bond acceptors (Lipinski definition) is 3. The lowest BCUT2D eigenvalue weighted by Crippen LogP contribution is -2.39. The van der Waals surface area contributed by atoms with Gasteiger partial charge < -0.3 is 9.26 Å². The van der Waals surface area contributed by atoms with E-state index in [0.717, 1.165) is 23.1 Å². The summed E-state index contributed by atoms with van der Waals surface area (Å²) in [6.07, 6.45) is 0. The molecule has 1 aromatic carbocycles. The second kappa shape index (κ2) is 7.22. The number of nitrogens with zero attached hydrogens (tertiary/aromatic N) is 1. The van der Waals surface area contributed by atoms with Crippen molar-refractivity contribution in [2.24, 2.45) is 5.16 Å². The van der Waals surface area contributed by atoms with Crippen molar-refractivity contribution in [1.29, 1.82) is 0 Å². The van der Waals surface area contributed by atoms with Crippen LogP contribution in [0, 0.1) is 0 Å². The zero-order valence-corrected chi connectivity index (χ0v) is 18.3. The Bertz CT molecular complexity index is 538. The molecule has 1 rings (SSSR count). The van der Waals surface area contributed by atoms with E-state index in [0.29, 0.717) is 0 Å². The molecule has 1 aromatic rings. The molecule has 0 aromatic heterocycles. The van der Waals surface area contributed by atoms with Crippen molar-refractivity contribution in [3.05, 3.63) is 29.8 Å². The summed E-state index contributed by atoms with van der Waals surface area (Å²) < 4.78 is 11.4. The highest BCUT2D eigenvalue weighted by molar-refractivity contribution is 6.79. The summed E-state index contributed by atoms with van der Waals surface area (Å²) in [6.45, 7) is 18.3. The number of benzene rings is 1. The minimum absolute atomic E-state index is 0.153. The molecule has 0 saturated heterocycles. The third-order valence-electron chi connectivity index (χ3n) is 4.31. The molecule has 0 unspecified atom stereocenters. The Kier molecular flexibility index (Phi) is 6.27. The molecular formula is C18H33NO2Si2. The van der Waals surface area contributed by atoms with Crippen LogP contribution in [0.3, 0.4) is 0 Å². The Morgan fingerprint density at radius 2 is 1.52 bits per heavy atom. The van der Waals surface area contributed by atoms with Crippen molar-refractivity contribution in [2.75, 3.05) is 7.11 Å². The van der Waals surface area contributed by atoms with Gasteiger partial charge in [0.25, 0.3) is 8.32 Å². The lowest BCUT2D eigenvalue weighted by atomic mass is 10.1. The van der Waals surface area contributed by atoms with Crippen LogP contribution in [0.1, 0.15) is 26.3 Å². The third kappa shape index (κ3) is 6.14. The van der Waals surface area contributed by atoms with E-state index in [1.54, 1.807) is 7.11 Å². The van der Waals surface area contributed by atoms with E-state index >= 15 is 0 Å². The standard InChI is InChI=1S/C18H33NO2Si2/c1-18(2,3)23(8,9)21-19-17(14-22(5,6)7)15-10-12-16(20-4)13-11-15/h10-13H,14H2,1-9H3/b19-17+. The van der Waals surface area contributed by atoms with Gasteiger partial charge in [-0.05, 0) is 54.0 Å². The fourth-order valence-electron chi connectivity index (χ4n) is 1.78. The van der Waals surface area contributed by atoms with Crippen molar-refractivity contribution < 1.29 is 9.26 Å². The van der Waals surface area contributed by atoms with Crippen LogP contribution in [0.15, 0.2) is 29.4 Å². The van der Waals surface area contributed by atoms with E-state index in [2.05, 4.69) is 70.8 Å². The molecule has 23 heavy (non-hydrogen) atoms. The van der Waals surface area contributed by atoms with Gasteiger partial charge in [-0.3, -0.25) is 0 Å². The summed E-state index contributed by atoms with van der Waals surface area (Å²) in [5.74, 6) is 0.867. The summed E-state index contributed by atoms with van der Waals surface area (Å²) in [6, 6.07) is 9.14. The number of oxime groups is 1. The Morgan fingerprint density at radius 1 is 1.00 bits per heavy atom. The number of hydrogen-bond donors (Lipinski definition) is 0. The third-order valence-corrected chi connectivity index (χ3v) is 9.87. The van der Waals surface area contributed by atoms with Crippen LogP contribution in [-0.2, 0) is 4.53 Å². The highest BCUT2D eigenvalue weighted by Crippen LogP contribution is 2.37. The summed E-state index contributed by atoms with van der Waals surface area (Å²) in [5.41, 5.74) is 2.20. The van der Waals surface area contributed by atoms with Gasteiger partial charge in [0, 0.05) is 0 Å². The monoisotopic (exact) mass is 351 g/mol. The summed E-state index contributed by atoms with van der Waals surface area (Å²) in [7, 11) is -1.50. The molecule has 0 bridgehead atoms. The Morgan fingerprint density at radius 3 is 1.91 bits per heavy atom. The largest absolute Gasteiger partial charge is 0.497 e. The SMILES string of the molecule is COc1ccc(/C(C[Si](C)(C)C)=N/O[Si](C)(C)C(C)(C)C)cc1. The zero-order valence-electron chi connectivity index (χ0n) is 16.3. The first-order valence-corrected chi connectivity index (χ1v) is 14.9. The molecule has 0 amide bonds. The molecule has 0 spiro atoms. The molecule has 0 saturated carbocycles. The van der Waals surface area contributed by atoms with Crippen LogP contribution in [0.5, 0.6) is 5.75 Å². The van der Waals surface area contributed by atoms with Crippen LogP contribution in [0.2, 0.25) is 43.8 Å². The van der Waals surface area contributed by atoms with Gasteiger partial charge in [0.2, 0.25) is 0 Å². The molecule has 5 heteroatoms. The molecule has 130 valence electrons. The first-order valence-electron chi connectivity index (χ1n) is 8.25. The smallest absolute Gasteiger partial charge is 0.286 e. The van der Waals surface area contributed by atoms with Crippen LogP contribution >= 0.6 is 0 Å². The van der Waals surface area contributed by atoms with Gasteiger partial charge in [0.1, 0.15) is 5.75 Å². The van der Waals surface area contributed by atoms with E-state index < -0.39 is 16.4 Å². The fraction of sp³-hybridized carbons (Fsp3) is 0.611. The molecule has 3 nitrogen and oxygen atoms in total. The van der Waals surface area contributed by atoms with Crippen LogP contribution < -0.4 is 4.74 Å². The highest BCUT2D eigenvalue weighted by Gasteiger charge is 2.40. The lowest BCUT2D eigenvalue weighted by molar-refractivity contribution is 0.308. The van der Waals surface area contributed by atoms with Crippen LogP contribution in [-0.4, -0.2) is 29.2 Å². The predicted molar refractivity (Wildman–Crippen MR) is 106 cm³/mol. The summed E-state index contributed by atoms with van der Waals surface area (Å²) >= 11 is 0. The van der Waals surface area contributed by atoms with Gasteiger partial charge in [-0.2, -0.15) is 0 Å². The maximum absolute atomic E-state index is 6.13. The molecule has 0 radical (unpaired) electrons. The average Bonchev–Trinajstić information content (AvgIpc) is 2.41. The quantitative estimate of drug-likeness (QED) is 0.370. The van der Waals surface area contributed by atoms with E-state index in [1.165, 1.54) is 0 Å². The molecule has 0 aliphatic heterocycles. The molecule has 0 aliphatic rings. The van der Waals surface area contributed by atoms with Gasteiger partial charge in [-0.15, -0.1) is 5.16 Å². The van der Waals surface area contributed by atoms with Gasteiger partial charge in [0.05, 0.1) is 20.9 Å². The van der Waals surface area contributed by atoms with Gasteiger partial charge in [-0.25, -0.2) is 0 Å². The second-order valence-electron chi connectivity index (χ2n) is 8.86. The van der Waals surface area contributed by atoms with E-state index in [9.17, 15) is 0 Å². The normalized spacial score (nSPS) is 13.9. The molecular weight excluding hydrogens is 318 g/mol. The molecule has 0 N–H and O–H groups in total. The summed E-state index contributed by atoms with van der Waals surface area (Å²) in [5, 5.41) is 4.80. The van der Waals surface area contributed by atoms with Crippen molar-refractivity contribution in [1.82, 2.24) is 0 Å². The van der Waals surface area contributed by atoms with Crippen molar-refractivity contribution >= 4 is 22.1 Å². The summed E-state index contributed by atoms with van der Waals surface area (Å²) in [4.78, 5) is 0. The number of rotatable bonds is 6. The Labute approximate surface area is 144 Å². The van der Waals surface area contributed by atoms with E-state index in [-0.39, 0.29) is 5.04 Å². The zero-order chi connectivity index (χ0) is 17.9. The van der Waals surface area contributed by atoms with Crippen LogP contribution in [0.25, 0.3) is 0 Å². The Hall–Kier alpha value is -1.08. The number of methoxy groups -OCH3 is 1. The molecule has 0 heterocycles. The first-order chi connectivity index (χ1) is 10.4. The van der Waals surface area contributed by atoms with Gasteiger partial charge in [0.15, 0.2) is 0 Å². The second-order valence-corrected chi connectivity index (χ2v) is 19.0. The maximum atomic E-state index is 6.13. The topological polar surface area (TPSA) is 30.8 Å². The average molecular weight is 352 g/mol. The highest BCUT2D eigenvalue weighted by atomic mass is 28.4. The van der Waals surface area contributed by atoms with E-state index in [4.69, 9.17) is 9.26 Å². The first kappa shape index (κ1) is 20.0. The minimum Gasteiger partial charge on any atom is -0.497 e. The lowest BCUT2D eigenvalue weighted by Gasteiger charge is -2.33. The van der Waals surface area contributed by atoms with Crippen molar-refractivity contribution in [3.63, 3.8) is 0 Å². The minimum atomic E-state index is -1.89. The fourth-order valence-corrected chi connectivity index (χ4v) is 3.66. The van der Waals surface area contributed by atoms with Crippen molar-refractivity contribution in [2.45, 2.75) is 64.6 Å². The predicted octanol–water partition coefficient (Wildman–Crippen LogP) is 5.76. The van der Waals surface area contributed by atoms with E-state index in [1.807, 2.05) is 12.1 Å². The molecule has 0 fully saturated rings. The Balaban J connectivity index is 3.12. The molecule has 0 aliphatic carbocycles. The van der Waals surface area contributed by atoms with Gasteiger partial charge in [-0.1, -0.05) is 40.4 Å². The van der Waals surface area contributed by atoms with Gasteiger partial charge >= 0.3 is 0 Å². The number of ether oxygens (including phenoxy) is 1.